The van der Waals surface area contributed by atoms with Gasteiger partial charge in [-0.15, -0.1) is 11.3 Å². The van der Waals surface area contributed by atoms with Crippen molar-refractivity contribution in [3.8, 4) is 0 Å². The van der Waals surface area contributed by atoms with Gasteiger partial charge >= 0.3 is 0 Å². The lowest BCUT2D eigenvalue weighted by Gasteiger charge is -2.01. The highest BCUT2D eigenvalue weighted by Gasteiger charge is 2.23. The Morgan fingerprint density at radius 3 is 3.00 bits per heavy atom. The molecule has 0 aromatic carbocycles. The molecule has 8 heteroatoms. The van der Waals surface area contributed by atoms with Gasteiger partial charge in [0.1, 0.15) is 22.7 Å². The van der Waals surface area contributed by atoms with Crippen molar-refractivity contribution in [2.75, 3.05) is 5.32 Å². The predicted octanol–water partition coefficient (Wildman–Crippen LogP) is 1.89. The second-order valence-electron chi connectivity index (χ2n) is 3.44. The number of anilines is 1. The van der Waals surface area contributed by atoms with E-state index in [1.54, 1.807) is 18.5 Å². The van der Waals surface area contributed by atoms with Crippen molar-refractivity contribution < 1.29 is 14.5 Å². The number of nitrogens with one attached hydrogen (secondary N) is 1. The Hall–Kier alpha value is -2.22. The molecule has 0 fully saturated rings. The lowest BCUT2D eigenvalue weighted by Crippen LogP contribution is -2.16. The summed E-state index contributed by atoms with van der Waals surface area (Å²) < 4.78 is 4.94. The molecule has 18 heavy (non-hydrogen) atoms. The van der Waals surface area contributed by atoms with Crippen LogP contribution in [0.5, 0.6) is 0 Å². The zero-order valence-corrected chi connectivity index (χ0v) is 10.5. The summed E-state index contributed by atoms with van der Waals surface area (Å²) in [7, 11) is 0. The summed E-state index contributed by atoms with van der Waals surface area (Å²) >= 11 is 1.30. The van der Waals surface area contributed by atoms with E-state index in [0.717, 1.165) is 0 Å². The van der Waals surface area contributed by atoms with Crippen molar-refractivity contribution in [1.82, 2.24) is 10.1 Å². The van der Waals surface area contributed by atoms with Gasteiger partial charge in [-0.3, -0.25) is 10.1 Å². The van der Waals surface area contributed by atoms with Gasteiger partial charge in [0.05, 0.1) is 0 Å². The molecule has 0 spiro atoms. The molecule has 2 aromatic rings. The molecule has 0 bridgehead atoms. The molecule has 0 saturated heterocycles. The first-order chi connectivity index (χ1) is 8.63. The monoisotopic (exact) mass is 266 g/mol. The first-order valence-electron chi connectivity index (χ1n) is 4.99. The van der Waals surface area contributed by atoms with Gasteiger partial charge < -0.3 is 9.73 Å². The van der Waals surface area contributed by atoms with E-state index < -0.39 is 5.91 Å². The van der Waals surface area contributed by atoms with Crippen molar-refractivity contribution in [2.24, 2.45) is 5.16 Å². The molecule has 1 amide bonds. The summed E-state index contributed by atoms with van der Waals surface area (Å²) in [6.45, 7) is 3.13. The maximum absolute atomic E-state index is 12.1. The Labute approximate surface area is 106 Å². The maximum Gasteiger partial charge on any atom is 0.263 e. The molecule has 0 aliphatic carbocycles. The number of aryl methyl sites for hydroxylation is 1. The van der Waals surface area contributed by atoms with Crippen LogP contribution >= 0.6 is 11.3 Å². The van der Waals surface area contributed by atoms with Gasteiger partial charge in [-0.25, -0.2) is 4.98 Å². The topological polar surface area (TPSA) is 101 Å². The first kappa shape index (κ1) is 12.2. The number of carbonyl (C=O) groups is 1. The highest BCUT2D eigenvalue weighted by Crippen LogP contribution is 2.18. The average molecular weight is 266 g/mol. The second-order valence-corrected chi connectivity index (χ2v) is 4.33. The number of oxime groups is 1. The molecule has 0 aliphatic rings. The summed E-state index contributed by atoms with van der Waals surface area (Å²) in [6, 6.07) is 0. The van der Waals surface area contributed by atoms with E-state index in [4.69, 9.17) is 9.73 Å². The molecule has 2 N–H and O–H groups in total. The van der Waals surface area contributed by atoms with Crippen molar-refractivity contribution in [3.63, 3.8) is 0 Å². The fourth-order valence-corrected chi connectivity index (χ4v) is 1.90. The Kier molecular flexibility index (Phi) is 3.38. The lowest BCUT2D eigenvalue weighted by atomic mass is 10.1. The molecule has 0 aliphatic heterocycles. The largest absolute Gasteiger partial charge is 0.411 e. The number of nitrogens with zero attached hydrogens (tertiary/aromatic N) is 3. The molecule has 0 unspecified atom stereocenters. The van der Waals surface area contributed by atoms with Crippen molar-refractivity contribution in [1.29, 1.82) is 0 Å². The van der Waals surface area contributed by atoms with Crippen LogP contribution in [-0.4, -0.2) is 27.0 Å². The van der Waals surface area contributed by atoms with Gasteiger partial charge in [-0.2, -0.15) is 0 Å². The normalized spacial score (nSPS) is 11.6. The smallest absolute Gasteiger partial charge is 0.263 e. The van der Waals surface area contributed by atoms with E-state index in [0.29, 0.717) is 10.9 Å². The van der Waals surface area contributed by atoms with Crippen LogP contribution in [0, 0.1) is 6.92 Å². The third-order valence-corrected chi connectivity index (χ3v) is 2.92. The van der Waals surface area contributed by atoms with Crippen LogP contribution in [0.15, 0.2) is 21.3 Å². The Morgan fingerprint density at radius 1 is 1.61 bits per heavy atom. The van der Waals surface area contributed by atoms with Crippen molar-refractivity contribution >= 4 is 28.1 Å². The number of amides is 1. The highest BCUT2D eigenvalue weighted by atomic mass is 32.1. The number of carbonyl (C=O) groups excluding carboxylic acids is 1. The molecule has 2 rings (SSSR count). The van der Waals surface area contributed by atoms with Crippen LogP contribution < -0.4 is 5.32 Å². The quantitative estimate of drug-likeness (QED) is 0.502. The Bertz CT molecular complexity index is 588. The second kappa shape index (κ2) is 4.96. The standard InChI is InChI=1S/C10H10N4O3S/c1-5(13-16)8-7(6(2)17-14-8)9(15)12-10-11-3-4-18-10/h3-4,16H,1-2H3,(H,11,12,15). The van der Waals surface area contributed by atoms with Crippen LogP contribution in [0.25, 0.3) is 0 Å². The van der Waals surface area contributed by atoms with Gasteiger partial charge in [0.15, 0.2) is 5.13 Å². The Morgan fingerprint density at radius 2 is 2.39 bits per heavy atom. The number of aromatic nitrogens is 2. The summed E-state index contributed by atoms with van der Waals surface area (Å²) in [6.07, 6.45) is 1.59. The van der Waals surface area contributed by atoms with Gasteiger partial charge in [-0.1, -0.05) is 10.3 Å². The van der Waals surface area contributed by atoms with E-state index in [1.165, 1.54) is 18.3 Å². The molecule has 0 radical (unpaired) electrons. The van der Waals surface area contributed by atoms with E-state index in [-0.39, 0.29) is 17.0 Å². The van der Waals surface area contributed by atoms with Crippen LogP contribution in [0.1, 0.15) is 28.7 Å². The summed E-state index contributed by atoms with van der Waals surface area (Å²) in [5, 5.41) is 20.3. The van der Waals surface area contributed by atoms with Crippen LogP contribution in [0.2, 0.25) is 0 Å². The fourth-order valence-electron chi connectivity index (χ4n) is 1.38. The summed E-state index contributed by atoms with van der Waals surface area (Å²) in [4.78, 5) is 16.0. The minimum Gasteiger partial charge on any atom is -0.411 e. The molecule has 94 valence electrons. The zero-order valence-electron chi connectivity index (χ0n) is 9.67. The van der Waals surface area contributed by atoms with Crippen molar-refractivity contribution in [3.05, 3.63) is 28.6 Å². The Balaban J connectivity index is 2.33. The van der Waals surface area contributed by atoms with Gasteiger partial charge in [-0.05, 0) is 13.8 Å². The lowest BCUT2D eigenvalue weighted by molar-refractivity contribution is 0.102. The van der Waals surface area contributed by atoms with Gasteiger partial charge in [0.25, 0.3) is 5.91 Å². The number of thiazole rings is 1. The number of hydrogen-bond donors (Lipinski definition) is 2. The van der Waals surface area contributed by atoms with Crippen LogP contribution in [0.4, 0.5) is 5.13 Å². The molecular formula is C10H10N4O3S. The fraction of sp³-hybridized carbons (Fsp3) is 0.200. The highest BCUT2D eigenvalue weighted by molar-refractivity contribution is 7.13. The number of hydrogen-bond acceptors (Lipinski definition) is 7. The van der Waals surface area contributed by atoms with Gasteiger partial charge in [0, 0.05) is 11.6 Å². The summed E-state index contributed by atoms with van der Waals surface area (Å²) in [5.74, 6) is -0.0521. The van der Waals surface area contributed by atoms with Gasteiger partial charge in [0.2, 0.25) is 0 Å². The molecule has 2 heterocycles. The van der Waals surface area contributed by atoms with Crippen LogP contribution in [0.3, 0.4) is 0 Å². The third-order valence-electron chi connectivity index (χ3n) is 2.24. The first-order valence-corrected chi connectivity index (χ1v) is 5.87. The minimum absolute atomic E-state index is 0.205. The maximum atomic E-state index is 12.1. The van der Waals surface area contributed by atoms with Crippen molar-refractivity contribution in [2.45, 2.75) is 13.8 Å². The van der Waals surface area contributed by atoms with Crippen LogP contribution in [-0.2, 0) is 0 Å². The van der Waals surface area contributed by atoms with E-state index in [2.05, 4.69) is 20.6 Å². The molecule has 0 atom stereocenters. The van der Waals surface area contributed by atoms with E-state index >= 15 is 0 Å². The average Bonchev–Trinajstić information content (AvgIpc) is 2.97. The van der Waals surface area contributed by atoms with E-state index in [9.17, 15) is 4.79 Å². The SMILES string of the molecule is CC(=NO)c1noc(C)c1C(=O)Nc1nccs1. The minimum atomic E-state index is -0.401. The zero-order chi connectivity index (χ0) is 13.1. The molecule has 7 nitrogen and oxygen atoms in total. The predicted molar refractivity (Wildman–Crippen MR) is 65.3 cm³/mol. The summed E-state index contributed by atoms with van der Waals surface area (Å²) in [5.41, 5.74) is 0.653. The molecule has 2 aromatic heterocycles. The third kappa shape index (κ3) is 2.23. The number of rotatable bonds is 3. The van der Waals surface area contributed by atoms with E-state index in [1.807, 2.05) is 0 Å². The molecule has 0 saturated carbocycles. The molecular weight excluding hydrogens is 256 g/mol.